The molecule has 1 aliphatic carbocycles. The first-order chi connectivity index (χ1) is 8.13. The van der Waals surface area contributed by atoms with Crippen LogP contribution in [-0.2, 0) is 0 Å². The summed E-state index contributed by atoms with van der Waals surface area (Å²) in [5, 5.41) is 8.28. The van der Waals surface area contributed by atoms with Gasteiger partial charge in [0.1, 0.15) is 5.75 Å². The van der Waals surface area contributed by atoms with Crippen molar-refractivity contribution in [2.75, 3.05) is 7.11 Å². The fraction of sp³-hybridized carbons (Fsp3) is 0.462. The van der Waals surface area contributed by atoms with E-state index in [1.54, 1.807) is 31.4 Å². The van der Waals surface area contributed by atoms with Crippen molar-refractivity contribution in [3.63, 3.8) is 0 Å². The summed E-state index contributed by atoms with van der Waals surface area (Å²) in [6.45, 7) is 0. The molecule has 0 heterocycles. The lowest BCUT2D eigenvalue weighted by molar-refractivity contribution is 0.108. The van der Waals surface area contributed by atoms with Gasteiger partial charge in [-0.25, -0.2) is 0 Å². The summed E-state index contributed by atoms with van der Waals surface area (Å²) < 4.78 is 4.89. The van der Waals surface area contributed by atoms with E-state index in [4.69, 9.17) is 21.4 Å². The molecule has 94 valence electrons. The molecular formula is C13H17ClO3. The van der Waals surface area contributed by atoms with Crippen molar-refractivity contribution in [1.82, 2.24) is 0 Å². The lowest BCUT2D eigenvalue weighted by Gasteiger charge is -1.98. The summed E-state index contributed by atoms with van der Waals surface area (Å²) in [5.41, 5.74) is 0.479. The number of aliphatic hydroxyl groups excluding tert-OH is 1. The van der Waals surface area contributed by atoms with Crippen molar-refractivity contribution in [2.45, 2.75) is 31.8 Å². The van der Waals surface area contributed by atoms with Gasteiger partial charge in [0, 0.05) is 5.56 Å². The fourth-order valence-electron chi connectivity index (χ4n) is 1.63. The van der Waals surface area contributed by atoms with Crippen LogP contribution in [0.4, 0.5) is 0 Å². The summed E-state index contributed by atoms with van der Waals surface area (Å²) in [5.74, 6) is 0.715. The van der Waals surface area contributed by atoms with E-state index >= 15 is 0 Å². The van der Waals surface area contributed by atoms with Crippen molar-refractivity contribution >= 4 is 16.8 Å². The number of rotatable bonds is 2. The normalized spacial score (nSPS) is 15.0. The summed E-state index contributed by atoms with van der Waals surface area (Å²) in [6.07, 6.45) is 4.60. The molecule has 0 bridgehead atoms. The maximum Gasteiger partial charge on any atom is 0.252 e. The molecule has 4 heteroatoms. The highest BCUT2D eigenvalue weighted by Gasteiger charge is 2.09. The molecule has 1 aromatic rings. The van der Waals surface area contributed by atoms with Gasteiger partial charge in [-0.3, -0.25) is 4.79 Å². The molecule has 0 spiro atoms. The fourth-order valence-corrected chi connectivity index (χ4v) is 1.75. The molecule has 0 unspecified atom stereocenters. The quantitative estimate of drug-likeness (QED) is 0.828. The SMILES string of the molecule is COc1ccc(C(=O)Cl)cc1.OC1CCCC1. The second-order valence-electron chi connectivity index (χ2n) is 3.94. The third kappa shape index (κ3) is 5.20. The Labute approximate surface area is 106 Å². The average molecular weight is 257 g/mol. The molecule has 1 saturated carbocycles. The molecule has 2 rings (SSSR count). The minimum absolute atomic E-state index is 0.0463. The molecule has 0 radical (unpaired) electrons. The first-order valence-corrected chi connectivity index (χ1v) is 6.03. The first-order valence-electron chi connectivity index (χ1n) is 5.65. The number of methoxy groups -OCH3 is 1. The zero-order valence-corrected chi connectivity index (χ0v) is 10.6. The predicted molar refractivity (Wildman–Crippen MR) is 67.7 cm³/mol. The highest BCUT2D eigenvalue weighted by atomic mass is 35.5. The smallest absolute Gasteiger partial charge is 0.252 e. The summed E-state index contributed by atoms with van der Waals surface area (Å²) >= 11 is 5.22. The topological polar surface area (TPSA) is 46.5 Å². The molecule has 1 aliphatic rings. The van der Waals surface area contributed by atoms with Gasteiger partial charge in [0.2, 0.25) is 0 Å². The Hall–Kier alpha value is -1.06. The van der Waals surface area contributed by atoms with Crippen LogP contribution >= 0.6 is 11.6 Å². The number of aliphatic hydroxyl groups is 1. The van der Waals surface area contributed by atoms with E-state index in [1.165, 1.54) is 12.8 Å². The minimum atomic E-state index is -0.451. The standard InChI is InChI=1S/C8H7ClO2.C5H10O/c1-11-7-4-2-6(3-5-7)8(9)10;6-5-3-1-2-4-5/h2-5H,1H3;5-6H,1-4H2. The van der Waals surface area contributed by atoms with Crippen LogP contribution in [0.2, 0.25) is 0 Å². The van der Waals surface area contributed by atoms with E-state index in [0.29, 0.717) is 11.3 Å². The summed E-state index contributed by atoms with van der Waals surface area (Å²) in [6, 6.07) is 6.62. The van der Waals surface area contributed by atoms with Gasteiger partial charge in [0.25, 0.3) is 5.24 Å². The first kappa shape index (κ1) is 14.0. The van der Waals surface area contributed by atoms with Gasteiger partial charge < -0.3 is 9.84 Å². The van der Waals surface area contributed by atoms with Crippen molar-refractivity contribution in [3.05, 3.63) is 29.8 Å². The molecule has 1 aromatic carbocycles. The molecule has 0 amide bonds. The van der Waals surface area contributed by atoms with Crippen LogP contribution in [0.5, 0.6) is 5.75 Å². The number of halogens is 1. The molecule has 0 aromatic heterocycles. The largest absolute Gasteiger partial charge is 0.497 e. The van der Waals surface area contributed by atoms with Crippen LogP contribution in [0, 0.1) is 0 Å². The Balaban J connectivity index is 0.000000202. The molecule has 1 fully saturated rings. The zero-order valence-electron chi connectivity index (χ0n) is 9.86. The highest BCUT2D eigenvalue weighted by Crippen LogP contribution is 2.16. The Morgan fingerprint density at radius 2 is 1.82 bits per heavy atom. The van der Waals surface area contributed by atoms with Crippen molar-refractivity contribution in [3.8, 4) is 5.75 Å². The van der Waals surface area contributed by atoms with Crippen molar-refractivity contribution in [1.29, 1.82) is 0 Å². The Bertz CT molecular complexity index is 342. The molecule has 0 atom stereocenters. The van der Waals surface area contributed by atoms with Gasteiger partial charge in [-0.2, -0.15) is 0 Å². The van der Waals surface area contributed by atoms with Gasteiger partial charge >= 0.3 is 0 Å². The van der Waals surface area contributed by atoms with E-state index in [2.05, 4.69) is 0 Å². The van der Waals surface area contributed by atoms with Crippen LogP contribution in [0.1, 0.15) is 36.0 Å². The van der Waals surface area contributed by atoms with Crippen molar-refractivity contribution in [2.24, 2.45) is 0 Å². The predicted octanol–water partition coefficient (Wildman–Crippen LogP) is 3.00. The number of hydrogen-bond acceptors (Lipinski definition) is 3. The number of ether oxygens (including phenoxy) is 1. The summed E-state index contributed by atoms with van der Waals surface area (Å²) in [4.78, 5) is 10.6. The third-order valence-electron chi connectivity index (χ3n) is 2.64. The number of benzene rings is 1. The monoisotopic (exact) mass is 256 g/mol. The number of hydrogen-bond donors (Lipinski definition) is 1. The molecule has 3 nitrogen and oxygen atoms in total. The van der Waals surface area contributed by atoms with Gasteiger partial charge in [-0.1, -0.05) is 12.8 Å². The number of carbonyl (C=O) groups excluding carboxylic acids is 1. The lowest BCUT2D eigenvalue weighted by atomic mass is 10.2. The van der Waals surface area contributed by atoms with E-state index < -0.39 is 5.24 Å². The van der Waals surface area contributed by atoms with E-state index in [9.17, 15) is 4.79 Å². The molecular weight excluding hydrogens is 240 g/mol. The van der Waals surface area contributed by atoms with Gasteiger partial charge in [-0.15, -0.1) is 0 Å². The Kier molecular flexibility index (Phi) is 6.01. The zero-order chi connectivity index (χ0) is 12.7. The molecule has 1 N–H and O–H groups in total. The second-order valence-corrected chi connectivity index (χ2v) is 4.28. The second kappa shape index (κ2) is 7.30. The van der Waals surface area contributed by atoms with E-state index in [-0.39, 0.29) is 6.10 Å². The van der Waals surface area contributed by atoms with Gasteiger partial charge in [0.15, 0.2) is 0 Å². The van der Waals surface area contributed by atoms with Crippen LogP contribution in [0.25, 0.3) is 0 Å². The molecule has 0 saturated heterocycles. The van der Waals surface area contributed by atoms with Gasteiger partial charge in [0.05, 0.1) is 13.2 Å². The lowest BCUT2D eigenvalue weighted by Crippen LogP contribution is -1.94. The summed E-state index contributed by atoms with van der Waals surface area (Å²) in [7, 11) is 1.57. The Morgan fingerprint density at radius 3 is 2.12 bits per heavy atom. The third-order valence-corrected chi connectivity index (χ3v) is 2.86. The minimum Gasteiger partial charge on any atom is -0.497 e. The highest BCUT2D eigenvalue weighted by molar-refractivity contribution is 6.67. The van der Waals surface area contributed by atoms with Crippen LogP contribution in [0.3, 0.4) is 0 Å². The maximum atomic E-state index is 10.6. The number of carbonyl (C=O) groups is 1. The van der Waals surface area contributed by atoms with E-state index in [0.717, 1.165) is 12.8 Å². The van der Waals surface area contributed by atoms with Crippen LogP contribution in [0.15, 0.2) is 24.3 Å². The Morgan fingerprint density at radius 1 is 1.29 bits per heavy atom. The van der Waals surface area contributed by atoms with Crippen LogP contribution < -0.4 is 4.74 Å². The maximum absolute atomic E-state index is 10.6. The average Bonchev–Trinajstić information content (AvgIpc) is 2.81. The molecule has 0 aliphatic heterocycles. The van der Waals surface area contributed by atoms with Crippen molar-refractivity contribution < 1.29 is 14.6 Å². The van der Waals surface area contributed by atoms with Gasteiger partial charge in [-0.05, 0) is 48.7 Å². The van der Waals surface area contributed by atoms with E-state index in [1.807, 2.05) is 0 Å². The molecule has 17 heavy (non-hydrogen) atoms. The van der Waals surface area contributed by atoms with Crippen LogP contribution in [-0.4, -0.2) is 23.6 Å².